The van der Waals surface area contributed by atoms with Gasteiger partial charge < -0.3 is 24.4 Å². The van der Waals surface area contributed by atoms with Gasteiger partial charge in [0, 0.05) is 22.5 Å². The van der Waals surface area contributed by atoms with Crippen molar-refractivity contribution in [1.82, 2.24) is 0 Å². The molecule has 2 amide bonds. The average Bonchev–Trinajstić information content (AvgIpc) is 3.48. The van der Waals surface area contributed by atoms with Gasteiger partial charge in [-0.1, -0.05) is 29.8 Å². The van der Waals surface area contributed by atoms with Crippen LogP contribution < -0.4 is 19.7 Å². The molecule has 4 atom stereocenters. The summed E-state index contributed by atoms with van der Waals surface area (Å²) in [7, 11) is 0. The smallest absolute Gasteiger partial charge is 0.234 e. The fourth-order valence-corrected chi connectivity index (χ4v) is 5.05. The van der Waals surface area contributed by atoms with Crippen LogP contribution >= 0.6 is 11.6 Å². The van der Waals surface area contributed by atoms with Gasteiger partial charge in [-0.15, -0.1) is 0 Å². The minimum absolute atomic E-state index is 0.132. The Labute approximate surface area is 177 Å². The molecule has 1 N–H and O–H groups in total. The molecule has 4 aliphatic heterocycles. The summed E-state index contributed by atoms with van der Waals surface area (Å²) in [5.41, 5.74) is 0.489. The Kier molecular flexibility index (Phi) is 3.70. The molecule has 0 unspecified atom stereocenters. The van der Waals surface area contributed by atoms with E-state index in [9.17, 15) is 9.59 Å². The van der Waals surface area contributed by atoms with Gasteiger partial charge in [0.2, 0.25) is 18.6 Å². The van der Waals surface area contributed by atoms with E-state index in [0.29, 0.717) is 34.4 Å². The number of nitrogens with one attached hydrogen (secondary N) is 1. The van der Waals surface area contributed by atoms with Crippen LogP contribution in [0.5, 0.6) is 11.5 Å². The molecule has 152 valence electrons. The molecule has 0 saturated carbocycles. The summed E-state index contributed by atoms with van der Waals surface area (Å²) in [6.45, 7) is 0.517. The predicted octanol–water partition coefficient (Wildman–Crippen LogP) is 2.99. The van der Waals surface area contributed by atoms with Crippen molar-refractivity contribution in [1.29, 1.82) is 0 Å². The lowest BCUT2D eigenvalue weighted by molar-refractivity contribution is -0.128. The fraction of sp³-hybridized carbons (Fsp3) is 0.273. The zero-order valence-corrected chi connectivity index (χ0v) is 16.5. The Morgan fingerprint density at radius 3 is 2.90 bits per heavy atom. The molecular weight excluding hydrogens is 408 g/mol. The summed E-state index contributed by atoms with van der Waals surface area (Å²) < 4.78 is 17.0. The number of halogens is 1. The molecule has 0 aromatic heterocycles. The molecule has 30 heavy (non-hydrogen) atoms. The molecule has 2 aromatic carbocycles. The predicted molar refractivity (Wildman–Crippen MR) is 109 cm³/mol. The van der Waals surface area contributed by atoms with Crippen LogP contribution in [0.15, 0.2) is 54.6 Å². The number of hydrogen-bond donors (Lipinski definition) is 1. The first-order chi connectivity index (χ1) is 14.5. The van der Waals surface area contributed by atoms with Crippen molar-refractivity contribution < 1.29 is 23.8 Å². The standard InChI is InChI=1S/C22H17ClN2O5/c23-12-2-1-3-13(8-12)24-20(26)18-16-6-7-22(30-16)10-25(21(27)19(18)22)14-4-5-15-17(9-14)29-11-28-15/h1-9,16,18-19H,10-11H2,(H,24,26)/t16-,18+,19+,22+/m1/s1. The average molecular weight is 425 g/mol. The number of carbonyl (C=O) groups is 2. The number of carbonyl (C=O) groups excluding carboxylic acids is 2. The van der Waals surface area contributed by atoms with Gasteiger partial charge in [-0.2, -0.15) is 0 Å². The molecule has 2 bridgehead atoms. The zero-order chi connectivity index (χ0) is 20.5. The number of nitrogens with zero attached hydrogens (tertiary/aromatic N) is 1. The molecule has 2 fully saturated rings. The molecule has 1 spiro atoms. The van der Waals surface area contributed by atoms with Crippen molar-refractivity contribution in [3.63, 3.8) is 0 Å². The third-order valence-corrected chi connectivity index (χ3v) is 6.40. The van der Waals surface area contributed by atoms with Crippen LogP contribution in [0.3, 0.4) is 0 Å². The van der Waals surface area contributed by atoms with Crippen molar-refractivity contribution in [2.45, 2.75) is 11.7 Å². The van der Waals surface area contributed by atoms with E-state index in [1.54, 1.807) is 41.3 Å². The maximum absolute atomic E-state index is 13.4. The highest BCUT2D eigenvalue weighted by Crippen LogP contribution is 2.53. The Bertz CT molecular complexity index is 1120. The maximum Gasteiger partial charge on any atom is 0.234 e. The van der Waals surface area contributed by atoms with Crippen LogP contribution in [0.1, 0.15) is 0 Å². The summed E-state index contributed by atoms with van der Waals surface area (Å²) in [5.74, 6) is -0.325. The van der Waals surface area contributed by atoms with E-state index in [2.05, 4.69) is 5.32 Å². The molecule has 0 aliphatic carbocycles. The highest BCUT2D eigenvalue weighted by molar-refractivity contribution is 6.30. The van der Waals surface area contributed by atoms with E-state index < -0.39 is 23.5 Å². The Morgan fingerprint density at radius 1 is 1.17 bits per heavy atom. The van der Waals surface area contributed by atoms with Gasteiger partial charge in [-0.3, -0.25) is 9.59 Å². The monoisotopic (exact) mass is 424 g/mol. The van der Waals surface area contributed by atoms with E-state index in [1.165, 1.54) is 0 Å². The Morgan fingerprint density at radius 2 is 2.03 bits per heavy atom. The lowest BCUT2D eigenvalue weighted by Crippen LogP contribution is -2.41. The van der Waals surface area contributed by atoms with Crippen molar-refractivity contribution >= 4 is 34.8 Å². The Hall–Kier alpha value is -3.03. The highest BCUT2D eigenvalue weighted by Gasteiger charge is 2.67. The molecule has 0 radical (unpaired) electrons. The summed E-state index contributed by atoms with van der Waals surface area (Å²) >= 11 is 6.02. The van der Waals surface area contributed by atoms with Crippen LogP contribution in [0.2, 0.25) is 5.02 Å². The largest absolute Gasteiger partial charge is 0.454 e. The fourth-order valence-electron chi connectivity index (χ4n) is 4.86. The Balaban J connectivity index is 1.30. The van der Waals surface area contributed by atoms with Crippen LogP contribution in [0.4, 0.5) is 11.4 Å². The lowest BCUT2D eigenvalue weighted by atomic mass is 9.77. The quantitative estimate of drug-likeness (QED) is 0.766. The highest BCUT2D eigenvalue weighted by atomic mass is 35.5. The van der Waals surface area contributed by atoms with Gasteiger partial charge >= 0.3 is 0 Å². The van der Waals surface area contributed by atoms with E-state index in [0.717, 1.165) is 0 Å². The minimum Gasteiger partial charge on any atom is -0.454 e. The first-order valence-electron chi connectivity index (χ1n) is 9.69. The van der Waals surface area contributed by atoms with Gasteiger partial charge in [-0.25, -0.2) is 0 Å². The minimum atomic E-state index is -0.797. The first-order valence-corrected chi connectivity index (χ1v) is 10.1. The second-order valence-corrected chi connectivity index (χ2v) is 8.30. The van der Waals surface area contributed by atoms with E-state index in [4.69, 9.17) is 25.8 Å². The second-order valence-electron chi connectivity index (χ2n) is 7.86. The van der Waals surface area contributed by atoms with Gasteiger partial charge in [0.1, 0.15) is 5.60 Å². The number of fused-ring (bicyclic) bond motifs is 2. The molecule has 4 heterocycles. The molecule has 6 rings (SSSR count). The van der Waals surface area contributed by atoms with Gasteiger partial charge in [0.05, 0.1) is 24.5 Å². The van der Waals surface area contributed by atoms with Gasteiger partial charge in [0.15, 0.2) is 11.5 Å². The van der Waals surface area contributed by atoms with Crippen molar-refractivity contribution in [3.05, 3.63) is 59.6 Å². The van der Waals surface area contributed by atoms with Gasteiger partial charge in [-0.05, 0) is 30.3 Å². The van der Waals surface area contributed by atoms with E-state index in [-0.39, 0.29) is 18.6 Å². The second kappa shape index (κ2) is 6.23. The molecule has 7 nitrogen and oxygen atoms in total. The van der Waals surface area contributed by atoms with Crippen LogP contribution in [-0.2, 0) is 14.3 Å². The number of benzene rings is 2. The normalized spacial score (nSPS) is 30.1. The molecular formula is C22H17ClN2O5. The zero-order valence-electron chi connectivity index (χ0n) is 15.7. The third-order valence-electron chi connectivity index (χ3n) is 6.16. The number of ether oxygens (including phenoxy) is 3. The summed E-state index contributed by atoms with van der Waals surface area (Å²) in [5, 5.41) is 3.41. The van der Waals surface area contributed by atoms with Crippen LogP contribution in [0.25, 0.3) is 0 Å². The number of hydrogen-bond acceptors (Lipinski definition) is 5. The summed E-state index contributed by atoms with van der Waals surface area (Å²) in [6, 6.07) is 12.3. The number of anilines is 2. The van der Waals surface area contributed by atoms with E-state index >= 15 is 0 Å². The lowest BCUT2D eigenvalue weighted by Gasteiger charge is -2.23. The number of amides is 2. The summed E-state index contributed by atoms with van der Waals surface area (Å²) in [4.78, 5) is 28.2. The van der Waals surface area contributed by atoms with E-state index in [1.807, 2.05) is 18.2 Å². The molecule has 2 saturated heterocycles. The first kappa shape index (κ1) is 17.8. The molecule has 2 aromatic rings. The van der Waals surface area contributed by atoms with Crippen molar-refractivity contribution in [3.8, 4) is 11.5 Å². The van der Waals surface area contributed by atoms with Crippen LogP contribution in [-0.4, -0.2) is 36.9 Å². The van der Waals surface area contributed by atoms with Crippen molar-refractivity contribution in [2.75, 3.05) is 23.6 Å². The molecule has 8 heteroatoms. The number of rotatable bonds is 3. The van der Waals surface area contributed by atoms with Crippen molar-refractivity contribution in [2.24, 2.45) is 11.8 Å². The third kappa shape index (κ3) is 2.49. The van der Waals surface area contributed by atoms with Crippen LogP contribution in [0, 0.1) is 11.8 Å². The maximum atomic E-state index is 13.4. The molecule has 4 aliphatic rings. The van der Waals surface area contributed by atoms with Gasteiger partial charge in [0.25, 0.3) is 0 Å². The SMILES string of the molecule is O=C(Nc1cccc(Cl)c1)[C@@H]1[C@H]2C(=O)N(c3ccc4c(c3)OCO4)C[C@@]23C=C[C@H]1O3. The summed E-state index contributed by atoms with van der Waals surface area (Å²) in [6.07, 6.45) is 3.39. The topological polar surface area (TPSA) is 77.1 Å².